The monoisotopic (exact) mass is 403 g/mol. The second-order valence-corrected chi connectivity index (χ2v) is 6.17. The first-order chi connectivity index (χ1) is 12.8. The number of benzene rings is 2. The van der Waals surface area contributed by atoms with Gasteiger partial charge in [0.1, 0.15) is 11.7 Å². The molecule has 0 bridgehead atoms. The van der Waals surface area contributed by atoms with Crippen LogP contribution in [0.5, 0.6) is 0 Å². The molecule has 146 valence electrons. The van der Waals surface area contributed by atoms with Crippen molar-refractivity contribution in [2.24, 2.45) is 0 Å². The van der Waals surface area contributed by atoms with E-state index in [4.69, 9.17) is 16.3 Å². The lowest BCUT2D eigenvalue weighted by Gasteiger charge is -2.14. The Hall–Kier alpha value is -2.12. The molecule has 0 heterocycles. The molecule has 0 radical (unpaired) electrons. The molecule has 0 unspecified atom stereocenters. The summed E-state index contributed by atoms with van der Waals surface area (Å²) in [5, 5.41) is 2.60. The molecule has 0 saturated heterocycles. The Morgan fingerprint density at radius 3 is 2.33 bits per heavy atom. The number of rotatable bonds is 7. The van der Waals surface area contributed by atoms with Gasteiger partial charge in [-0.15, -0.1) is 11.6 Å². The quantitative estimate of drug-likeness (QED) is 0.305. The highest BCUT2D eigenvalue weighted by Crippen LogP contribution is 2.26. The van der Waals surface area contributed by atoms with E-state index in [1.165, 1.54) is 6.92 Å². The maximum absolute atomic E-state index is 14.3. The average molecular weight is 404 g/mol. The van der Waals surface area contributed by atoms with Gasteiger partial charge in [0.05, 0.1) is 18.8 Å². The van der Waals surface area contributed by atoms with E-state index in [2.05, 4.69) is 5.32 Å². The van der Waals surface area contributed by atoms with Gasteiger partial charge in [0.25, 0.3) is 0 Å². The lowest BCUT2D eigenvalue weighted by Crippen LogP contribution is -2.15. The van der Waals surface area contributed by atoms with Gasteiger partial charge in [-0.05, 0) is 25.0 Å². The minimum Gasteiger partial charge on any atom is -0.372 e. The zero-order chi connectivity index (χ0) is 20.1. The van der Waals surface area contributed by atoms with Crippen LogP contribution in [0.2, 0.25) is 0 Å². The molecule has 0 aliphatic carbocycles. The first-order valence-corrected chi connectivity index (χ1v) is 8.70. The van der Waals surface area contributed by atoms with Crippen molar-refractivity contribution >= 4 is 23.2 Å². The maximum Gasteiger partial charge on any atom is 0.239 e. The fourth-order valence-corrected chi connectivity index (χ4v) is 2.62. The first kappa shape index (κ1) is 21.2. The Labute approximate surface area is 159 Å². The largest absolute Gasteiger partial charge is 0.372 e. The van der Waals surface area contributed by atoms with Gasteiger partial charge < -0.3 is 10.1 Å². The minimum absolute atomic E-state index is 0.114. The van der Waals surface area contributed by atoms with E-state index in [1.807, 2.05) is 6.92 Å². The molecule has 1 amide bonds. The van der Waals surface area contributed by atoms with Crippen LogP contribution in [0.25, 0.3) is 0 Å². The van der Waals surface area contributed by atoms with Crippen LogP contribution in [-0.2, 0) is 29.2 Å². The van der Waals surface area contributed by atoms with Gasteiger partial charge in [-0.3, -0.25) is 4.79 Å². The van der Waals surface area contributed by atoms with Gasteiger partial charge in [-0.25, -0.2) is 17.6 Å². The molecule has 3 nitrogen and oxygen atoms in total. The van der Waals surface area contributed by atoms with Crippen LogP contribution in [0, 0.1) is 30.2 Å². The third-order valence-corrected chi connectivity index (χ3v) is 4.21. The zero-order valence-corrected chi connectivity index (χ0v) is 15.5. The summed E-state index contributed by atoms with van der Waals surface area (Å²) in [5.74, 6) is -6.68. The average Bonchev–Trinajstić information content (AvgIpc) is 2.64. The number of alkyl halides is 1. The predicted octanol–water partition coefficient (Wildman–Crippen LogP) is 5.01. The third kappa shape index (κ3) is 4.78. The Morgan fingerprint density at radius 2 is 1.70 bits per heavy atom. The van der Waals surface area contributed by atoms with Crippen molar-refractivity contribution in [3.05, 3.63) is 63.7 Å². The highest BCUT2D eigenvalue weighted by molar-refractivity contribution is 6.29. The van der Waals surface area contributed by atoms with E-state index in [0.717, 1.165) is 5.56 Å². The van der Waals surface area contributed by atoms with E-state index < -0.39 is 46.9 Å². The van der Waals surface area contributed by atoms with E-state index in [1.54, 1.807) is 18.2 Å². The molecular weight excluding hydrogens is 386 g/mol. The van der Waals surface area contributed by atoms with Crippen molar-refractivity contribution in [3.63, 3.8) is 0 Å². The summed E-state index contributed by atoms with van der Waals surface area (Å²) in [6, 6.07) is 5.13. The van der Waals surface area contributed by atoms with Gasteiger partial charge in [-0.1, -0.05) is 19.1 Å². The fourth-order valence-electron chi connectivity index (χ4n) is 2.55. The second-order valence-electron chi connectivity index (χ2n) is 5.90. The second kappa shape index (κ2) is 9.19. The molecule has 0 atom stereocenters. The molecule has 1 N–H and O–H groups in total. The van der Waals surface area contributed by atoms with Crippen molar-refractivity contribution in [2.75, 3.05) is 11.2 Å². The number of anilines is 1. The van der Waals surface area contributed by atoms with Crippen LogP contribution >= 0.6 is 11.6 Å². The highest BCUT2D eigenvalue weighted by atomic mass is 35.5. The molecule has 0 aliphatic rings. The van der Waals surface area contributed by atoms with E-state index in [9.17, 15) is 22.4 Å². The normalized spacial score (nSPS) is 10.9. The number of halogens is 5. The van der Waals surface area contributed by atoms with Crippen molar-refractivity contribution in [3.8, 4) is 0 Å². The van der Waals surface area contributed by atoms with Gasteiger partial charge in [0.2, 0.25) is 5.91 Å². The van der Waals surface area contributed by atoms with Gasteiger partial charge in [-0.2, -0.15) is 0 Å². The number of ether oxygens (including phenoxy) is 1. The van der Waals surface area contributed by atoms with Crippen LogP contribution in [0.1, 0.15) is 29.2 Å². The summed E-state index contributed by atoms with van der Waals surface area (Å²) in [5.41, 5.74) is 0.648. The van der Waals surface area contributed by atoms with Crippen molar-refractivity contribution in [1.29, 1.82) is 0 Å². The molecule has 0 aromatic heterocycles. The fraction of sp³-hybridized carbons (Fsp3) is 0.316. The first-order valence-electron chi connectivity index (χ1n) is 8.16. The smallest absolute Gasteiger partial charge is 0.239 e. The summed E-state index contributed by atoms with van der Waals surface area (Å²) < 4.78 is 60.7. The number of hydrogen-bond donors (Lipinski definition) is 1. The number of hydrogen-bond acceptors (Lipinski definition) is 2. The van der Waals surface area contributed by atoms with Gasteiger partial charge in [0.15, 0.2) is 17.5 Å². The molecule has 2 aromatic carbocycles. The van der Waals surface area contributed by atoms with E-state index >= 15 is 0 Å². The molecule has 0 spiro atoms. The summed E-state index contributed by atoms with van der Waals surface area (Å²) in [6.45, 7) is 2.54. The standard InChI is InChI=1S/C19H18ClF4NO2/c1-3-12-16(21)13(18(23)19(24)17(12)22)9-27-8-11-5-4-10(2)6-14(11)25-15(26)7-20/h4-6H,3,7-9H2,1-2H3,(H,25,26). The molecule has 0 saturated carbocycles. The zero-order valence-electron chi connectivity index (χ0n) is 14.8. The Kier molecular flexibility index (Phi) is 7.21. The van der Waals surface area contributed by atoms with E-state index in [0.29, 0.717) is 11.3 Å². The number of carbonyl (C=O) groups excluding carboxylic acids is 1. The third-order valence-electron chi connectivity index (χ3n) is 3.96. The van der Waals surface area contributed by atoms with Crippen LogP contribution < -0.4 is 5.32 Å². The van der Waals surface area contributed by atoms with Crippen LogP contribution in [-0.4, -0.2) is 11.8 Å². The highest BCUT2D eigenvalue weighted by Gasteiger charge is 2.24. The van der Waals surface area contributed by atoms with Crippen LogP contribution in [0.3, 0.4) is 0 Å². The molecule has 2 rings (SSSR count). The Balaban J connectivity index is 2.20. The van der Waals surface area contributed by atoms with Gasteiger partial charge in [0, 0.05) is 16.8 Å². The molecular formula is C19H18ClF4NO2. The molecule has 0 fully saturated rings. The molecule has 0 aliphatic heterocycles. The summed E-state index contributed by atoms with van der Waals surface area (Å²) in [7, 11) is 0. The Bertz CT molecular complexity index is 858. The number of carbonyl (C=O) groups is 1. The summed E-state index contributed by atoms with van der Waals surface area (Å²) in [4.78, 5) is 11.5. The number of aryl methyl sites for hydroxylation is 1. The topological polar surface area (TPSA) is 38.3 Å². The maximum atomic E-state index is 14.3. The summed E-state index contributed by atoms with van der Waals surface area (Å²) in [6.07, 6.45) is -0.131. The van der Waals surface area contributed by atoms with Crippen molar-refractivity contribution in [1.82, 2.24) is 0 Å². The predicted molar refractivity (Wildman–Crippen MR) is 94.7 cm³/mol. The number of amides is 1. The SMILES string of the molecule is CCc1c(F)c(F)c(F)c(COCc2ccc(C)cc2NC(=O)CCl)c1F. The lowest BCUT2D eigenvalue weighted by atomic mass is 10.1. The molecule has 8 heteroatoms. The molecule has 2 aromatic rings. The number of nitrogens with one attached hydrogen (secondary N) is 1. The van der Waals surface area contributed by atoms with Gasteiger partial charge >= 0.3 is 0 Å². The van der Waals surface area contributed by atoms with E-state index in [-0.39, 0.29) is 18.9 Å². The minimum atomic E-state index is -1.72. The lowest BCUT2D eigenvalue weighted by molar-refractivity contribution is -0.113. The molecule has 27 heavy (non-hydrogen) atoms. The van der Waals surface area contributed by atoms with Crippen molar-refractivity contribution in [2.45, 2.75) is 33.5 Å². The van der Waals surface area contributed by atoms with Crippen molar-refractivity contribution < 1.29 is 27.1 Å². The van der Waals surface area contributed by atoms with Crippen LogP contribution in [0.4, 0.5) is 23.2 Å². The summed E-state index contributed by atoms with van der Waals surface area (Å²) >= 11 is 5.48. The Morgan fingerprint density at radius 1 is 1.04 bits per heavy atom. The van der Waals surface area contributed by atoms with Crippen LogP contribution in [0.15, 0.2) is 18.2 Å².